The van der Waals surface area contributed by atoms with E-state index in [1.165, 1.54) is 0 Å². The van der Waals surface area contributed by atoms with Gasteiger partial charge in [0, 0.05) is 13.0 Å². The number of aliphatic carboxylic acids is 1. The molecule has 0 bridgehead atoms. The Balaban J connectivity index is 1.67. The standard InChI is InChI=1S/C17H21N3O4/c21-16(22)8-7-13-4-3-5-14(10-13)20-15(11-18-19-20)12-24-17-6-1-2-9-23-17/h3-5,10-11,17H,1-2,6-9,12H2,(H,21,22). The highest BCUT2D eigenvalue weighted by Crippen LogP contribution is 2.17. The molecule has 0 aliphatic carbocycles. The first-order chi connectivity index (χ1) is 11.7. The van der Waals surface area contributed by atoms with Crippen molar-refractivity contribution < 1.29 is 19.4 Å². The fourth-order valence-corrected chi connectivity index (χ4v) is 2.69. The minimum Gasteiger partial charge on any atom is -0.481 e. The number of carboxylic acids is 1. The zero-order valence-corrected chi connectivity index (χ0v) is 13.4. The molecule has 2 heterocycles. The number of aromatic nitrogens is 3. The average molecular weight is 331 g/mol. The summed E-state index contributed by atoms with van der Waals surface area (Å²) in [6.07, 6.45) is 5.22. The topological polar surface area (TPSA) is 86.5 Å². The van der Waals surface area contributed by atoms with Crippen LogP contribution in [0.25, 0.3) is 5.69 Å². The maximum atomic E-state index is 10.7. The maximum Gasteiger partial charge on any atom is 0.303 e. The molecule has 0 radical (unpaired) electrons. The van der Waals surface area contributed by atoms with Gasteiger partial charge in [-0.3, -0.25) is 4.79 Å². The second-order valence-corrected chi connectivity index (χ2v) is 5.81. The van der Waals surface area contributed by atoms with Crippen molar-refractivity contribution in [2.45, 2.75) is 45.0 Å². The van der Waals surface area contributed by atoms with Gasteiger partial charge in [0.2, 0.25) is 0 Å². The summed E-state index contributed by atoms with van der Waals surface area (Å²) in [5, 5.41) is 16.9. The normalized spacial score (nSPS) is 17.8. The molecule has 0 spiro atoms. The highest BCUT2D eigenvalue weighted by atomic mass is 16.7. The van der Waals surface area contributed by atoms with Crippen LogP contribution in [0, 0.1) is 0 Å². The zero-order valence-electron chi connectivity index (χ0n) is 13.4. The molecule has 1 atom stereocenters. The van der Waals surface area contributed by atoms with Crippen LogP contribution in [0.15, 0.2) is 30.5 Å². The van der Waals surface area contributed by atoms with Crippen LogP contribution in [0.5, 0.6) is 0 Å². The van der Waals surface area contributed by atoms with Crippen LogP contribution >= 0.6 is 0 Å². The summed E-state index contributed by atoms with van der Waals surface area (Å²) in [7, 11) is 0. The Morgan fingerprint density at radius 2 is 2.33 bits per heavy atom. The van der Waals surface area contributed by atoms with Gasteiger partial charge in [0.1, 0.15) is 0 Å². The highest BCUT2D eigenvalue weighted by Gasteiger charge is 2.16. The monoisotopic (exact) mass is 331 g/mol. The number of carboxylic acid groups (broad SMARTS) is 1. The Hall–Kier alpha value is -2.25. The van der Waals surface area contributed by atoms with Gasteiger partial charge in [0.25, 0.3) is 0 Å². The summed E-state index contributed by atoms with van der Waals surface area (Å²) in [4.78, 5) is 10.7. The van der Waals surface area contributed by atoms with Crippen molar-refractivity contribution in [2.75, 3.05) is 6.61 Å². The van der Waals surface area contributed by atoms with E-state index in [9.17, 15) is 4.79 Å². The number of rotatable bonds is 7. The lowest BCUT2D eigenvalue weighted by Gasteiger charge is -2.22. The molecule has 7 heteroatoms. The molecular formula is C17H21N3O4. The van der Waals surface area contributed by atoms with E-state index in [-0.39, 0.29) is 12.7 Å². The molecule has 128 valence electrons. The lowest BCUT2D eigenvalue weighted by atomic mass is 10.1. The van der Waals surface area contributed by atoms with Gasteiger partial charge >= 0.3 is 5.97 Å². The van der Waals surface area contributed by atoms with Gasteiger partial charge in [-0.2, -0.15) is 0 Å². The number of nitrogens with zero attached hydrogens (tertiary/aromatic N) is 3. The van der Waals surface area contributed by atoms with Crippen LogP contribution in [0.4, 0.5) is 0 Å². The Bertz CT molecular complexity index is 680. The SMILES string of the molecule is O=C(O)CCc1cccc(-n2nncc2COC2CCCCO2)c1. The summed E-state index contributed by atoms with van der Waals surface area (Å²) in [6.45, 7) is 1.12. The summed E-state index contributed by atoms with van der Waals surface area (Å²) in [6, 6.07) is 7.65. The van der Waals surface area contributed by atoms with E-state index >= 15 is 0 Å². The van der Waals surface area contributed by atoms with Gasteiger partial charge in [0.05, 0.1) is 24.2 Å². The van der Waals surface area contributed by atoms with Crippen LogP contribution in [0.1, 0.15) is 36.9 Å². The minimum absolute atomic E-state index is 0.107. The van der Waals surface area contributed by atoms with Crippen molar-refractivity contribution >= 4 is 5.97 Å². The number of hydrogen-bond donors (Lipinski definition) is 1. The fourth-order valence-electron chi connectivity index (χ4n) is 2.69. The highest BCUT2D eigenvalue weighted by molar-refractivity contribution is 5.67. The first-order valence-corrected chi connectivity index (χ1v) is 8.16. The predicted molar refractivity (Wildman–Crippen MR) is 85.7 cm³/mol. The third-order valence-corrected chi connectivity index (χ3v) is 3.96. The molecule has 1 unspecified atom stereocenters. The number of ether oxygens (including phenoxy) is 2. The van der Waals surface area contributed by atoms with Crippen molar-refractivity contribution in [1.29, 1.82) is 0 Å². The van der Waals surface area contributed by atoms with E-state index in [4.69, 9.17) is 14.6 Å². The number of benzene rings is 1. The van der Waals surface area contributed by atoms with Crippen molar-refractivity contribution in [3.05, 3.63) is 41.7 Å². The van der Waals surface area contributed by atoms with Gasteiger partial charge in [-0.15, -0.1) is 5.10 Å². The molecule has 0 amide bonds. The first kappa shape index (κ1) is 16.6. The Kier molecular flexibility index (Phi) is 5.55. The summed E-state index contributed by atoms with van der Waals surface area (Å²) >= 11 is 0. The van der Waals surface area contributed by atoms with Crippen molar-refractivity contribution in [1.82, 2.24) is 15.0 Å². The molecule has 1 aromatic heterocycles. The van der Waals surface area contributed by atoms with Crippen molar-refractivity contribution in [2.24, 2.45) is 0 Å². The van der Waals surface area contributed by atoms with Gasteiger partial charge in [-0.05, 0) is 43.4 Å². The van der Waals surface area contributed by atoms with Crippen molar-refractivity contribution in [3.63, 3.8) is 0 Å². The number of carbonyl (C=O) groups is 1. The van der Waals surface area contributed by atoms with E-state index in [1.807, 2.05) is 24.3 Å². The summed E-state index contributed by atoms with van der Waals surface area (Å²) < 4.78 is 13.1. The van der Waals surface area contributed by atoms with E-state index in [2.05, 4.69) is 10.3 Å². The number of hydrogen-bond acceptors (Lipinski definition) is 5. The fraction of sp³-hybridized carbons (Fsp3) is 0.471. The van der Waals surface area contributed by atoms with Crippen molar-refractivity contribution in [3.8, 4) is 5.69 Å². The van der Waals surface area contributed by atoms with E-state index < -0.39 is 5.97 Å². The lowest BCUT2D eigenvalue weighted by molar-refractivity contribution is -0.169. The predicted octanol–water partition coefficient (Wildman–Crippen LogP) is 2.33. The van der Waals surface area contributed by atoms with Crippen LogP contribution in [0.2, 0.25) is 0 Å². The van der Waals surface area contributed by atoms with Gasteiger partial charge in [-0.25, -0.2) is 4.68 Å². The summed E-state index contributed by atoms with van der Waals surface area (Å²) in [5.74, 6) is -0.803. The zero-order chi connectivity index (χ0) is 16.8. The van der Waals surface area contributed by atoms with Gasteiger partial charge in [0.15, 0.2) is 6.29 Å². The largest absolute Gasteiger partial charge is 0.481 e. The van der Waals surface area contributed by atoms with Crippen LogP contribution in [-0.4, -0.2) is 39.0 Å². The Morgan fingerprint density at radius 3 is 3.12 bits per heavy atom. The smallest absolute Gasteiger partial charge is 0.303 e. The maximum absolute atomic E-state index is 10.7. The molecule has 1 aliphatic rings. The Labute approximate surface area is 140 Å². The molecule has 0 saturated carbocycles. The van der Waals surface area contributed by atoms with Crippen LogP contribution < -0.4 is 0 Å². The molecule has 24 heavy (non-hydrogen) atoms. The van der Waals surface area contributed by atoms with E-state index in [1.54, 1.807) is 10.9 Å². The Morgan fingerprint density at radius 1 is 1.42 bits per heavy atom. The minimum atomic E-state index is -0.803. The molecule has 1 aromatic carbocycles. The molecule has 2 aromatic rings. The molecular weight excluding hydrogens is 310 g/mol. The molecule has 3 rings (SSSR count). The second kappa shape index (κ2) is 8.03. The third kappa shape index (κ3) is 4.39. The number of aryl methyl sites for hydroxylation is 1. The van der Waals surface area contributed by atoms with Gasteiger partial charge < -0.3 is 14.6 Å². The van der Waals surface area contributed by atoms with E-state index in [0.29, 0.717) is 13.0 Å². The molecule has 7 nitrogen and oxygen atoms in total. The average Bonchev–Trinajstić information content (AvgIpc) is 3.08. The van der Waals surface area contributed by atoms with Gasteiger partial charge in [-0.1, -0.05) is 17.3 Å². The second-order valence-electron chi connectivity index (χ2n) is 5.81. The first-order valence-electron chi connectivity index (χ1n) is 8.16. The van der Waals surface area contributed by atoms with Crippen LogP contribution in [0.3, 0.4) is 0 Å². The molecule has 1 aliphatic heterocycles. The summed E-state index contributed by atoms with van der Waals surface area (Å²) in [5.41, 5.74) is 2.63. The molecule has 1 N–H and O–H groups in total. The van der Waals surface area contributed by atoms with E-state index in [0.717, 1.165) is 42.8 Å². The quantitative estimate of drug-likeness (QED) is 0.838. The third-order valence-electron chi connectivity index (χ3n) is 3.96. The molecule has 1 fully saturated rings. The lowest BCUT2D eigenvalue weighted by Crippen LogP contribution is -2.22. The molecule has 1 saturated heterocycles. The van der Waals surface area contributed by atoms with Crippen LogP contribution in [-0.2, 0) is 27.3 Å².